The molecule has 0 aliphatic carbocycles. The first-order valence-corrected chi connectivity index (χ1v) is 11.8. The van der Waals surface area contributed by atoms with Gasteiger partial charge in [0, 0.05) is 18.6 Å². The predicted molar refractivity (Wildman–Crippen MR) is 113 cm³/mol. The third kappa shape index (κ3) is 7.14. The fourth-order valence-electron chi connectivity index (χ4n) is 3.55. The molecule has 1 aromatic carbocycles. The van der Waals surface area contributed by atoms with Crippen molar-refractivity contribution in [2.75, 3.05) is 37.7 Å². The van der Waals surface area contributed by atoms with Gasteiger partial charge in [0.05, 0.1) is 18.1 Å². The minimum atomic E-state index is -2.90. The van der Waals surface area contributed by atoms with E-state index in [2.05, 4.69) is 53.6 Å². The van der Waals surface area contributed by atoms with Crippen LogP contribution < -0.4 is 10.6 Å². The Bertz CT molecular complexity index is 687. The van der Waals surface area contributed by atoms with Crippen LogP contribution in [0.4, 0.5) is 0 Å². The second kappa shape index (κ2) is 10.7. The summed E-state index contributed by atoms with van der Waals surface area (Å²) < 4.78 is 23.4. The van der Waals surface area contributed by atoms with Crippen molar-refractivity contribution in [2.45, 2.75) is 45.7 Å². The van der Waals surface area contributed by atoms with E-state index in [4.69, 9.17) is 4.99 Å². The van der Waals surface area contributed by atoms with E-state index in [-0.39, 0.29) is 17.5 Å². The number of sulfone groups is 1. The van der Waals surface area contributed by atoms with Crippen molar-refractivity contribution in [3.05, 3.63) is 35.9 Å². The van der Waals surface area contributed by atoms with Crippen LogP contribution in [-0.2, 0) is 16.3 Å². The fourth-order valence-corrected chi connectivity index (χ4v) is 5.23. The van der Waals surface area contributed by atoms with Crippen molar-refractivity contribution < 1.29 is 8.42 Å². The smallest absolute Gasteiger partial charge is 0.191 e. The summed E-state index contributed by atoms with van der Waals surface area (Å²) in [5.74, 6) is 1.17. The van der Waals surface area contributed by atoms with Gasteiger partial charge in [-0.1, -0.05) is 44.2 Å². The van der Waals surface area contributed by atoms with Crippen molar-refractivity contribution in [3.8, 4) is 0 Å². The molecule has 0 aromatic heterocycles. The highest BCUT2D eigenvalue weighted by molar-refractivity contribution is 7.91. The average molecular weight is 395 g/mol. The Morgan fingerprint density at radius 2 is 1.93 bits per heavy atom. The van der Waals surface area contributed by atoms with E-state index in [1.54, 1.807) is 0 Å². The Morgan fingerprint density at radius 3 is 2.48 bits per heavy atom. The van der Waals surface area contributed by atoms with E-state index < -0.39 is 9.84 Å². The lowest BCUT2D eigenvalue weighted by molar-refractivity contribution is 0.220. The molecule has 2 N–H and O–H groups in total. The van der Waals surface area contributed by atoms with Crippen LogP contribution in [0.15, 0.2) is 35.3 Å². The second-order valence-electron chi connectivity index (χ2n) is 7.03. The quantitative estimate of drug-likeness (QED) is 0.492. The topological polar surface area (TPSA) is 73.8 Å². The summed E-state index contributed by atoms with van der Waals surface area (Å²) >= 11 is 0. The van der Waals surface area contributed by atoms with Gasteiger partial charge in [0.15, 0.2) is 15.8 Å². The summed E-state index contributed by atoms with van der Waals surface area (Å²) in [6.07, 6.45) is 1.60. The third-order valence-corrected chi connectivity index (χ3v) is 6.79. The Hall–Kier alpha value is -1.60. The zero-order valence-electron chi connectivity index (χ0n) is 16.8. The molecule has 0 spiro atoms. The average Bonchev–Trinajstić information content (AvgIpc) is 2.99. The zero-order valence-corrected chi connectivity index (χ0v) is 17.6. The van der Waals surface area contributed by atoms with E-state index in [1.807, 2.05) is 13.0 Å². The van der Waals surface area contributed by atoms with Crippen molar-refractivity contribution >= 4 is 15.8 Å². The minimum absolute atomic E-state index is 0.0474. The second-order valence-corrected chi connectivity index (χ2v) is 9.26. The Kier molecular flexibility index (Phi) is 8.57. The Labute approximate surface area is 164 Å². The summed E-state index contributed by atoms with van der Waals surface area (Å²) in [5, 5.41) is 6.56. The van der Waals surface area contributed by atoms with Crippen LogP contribution in [0.1, 0.15) is 32.8 Å². The van der Waals surface area contributed by atoms with Crippen LogP contribution in [-0.4, -0.2) is 69.0 Å². The maximum Gasteiger partial charge on any atom is 0.191 e. The molecule has 2 rings (SSSR count). The molecule has 1 aromatic rings. The summed E-state index contributed by atoms with van der Waals surface area (Å²) in [7, 11) is -2.90. The van der Waals surface area contributed by atoms with E-state index in [1.165, 1.54) is 5.56 Å². The molecular formula is C20H34N4O2S. The number of rotatable bonds is 9. The number of nitrogens with one attached hydrogen (secondary N) is 2. The highest BCUT2D eigenvalue weighted by atomic mass is 32.2. The predicted octanol–water partition coefficient (Wildman–Crippen LogP) is 1.68. The molecule has 0 radical (unpaired) electrons. The molecule has 1 aliphatic rings. The first-order valence-electron chi connectivity index (χ1n) is 10.0. The summed E-state index contributed by atoms with van der Waals surface area (Å²) in [5.41, 5.74) is 1.31. The van der Waals surface area contributed by atoms with E-state index in [0.717, 1.165) is 26.1 Å². The molecule has 2 unspecified atom stereocenters. The molecule has 7 heteroatoms. The van der Waals surface area contributed by atoms with E-state index in [0.29, 0.717) is 25.0 Å². The zero-order chi connectivity index (χ0) is 19.7. The molecule has 27 heavy (non-hydrogen) atoms. The number of benzene rings is 1. The molecule has 1 heterocycles. The summed E-state index contributed by atoms with van der Waals surface area (Å²) in [6, 6.07) is 10.8. The molecular weight excluding hydrogens is 360 g/mol. The van der Waals surface area contributed by atoms with Crippen molar-refractivity contribution in [2.24, 2.45) is 4.99 Å². The van der Waals surface area contributed by atoms with Crippen molar-refractivity contribution in [1.29, 1.82) is 0 Å². The molecule has 2 atom stereocenters. The van der Waals surface area contributed by atoms with Crippen LogP contribution in [0.2, 0.25) is 0 Å². The van der Waals surface area contributed by atoms with Gasteiger partial charge in [-0.15, -0.1) is 0 Å². The maximum atomic E-state index is 11.7. The largest absolute Gasteiger partial charge is 0.357 e. The highest BCUT2D eigenvalue weighted by Gasteiger charge is 2.28. The molecule has 0 saturated carbocycles. The molecule has 0 amide bonds. The number of likely N-dealkylation sites (N-methyl/N-ethyl adjacent to an activating group) is 1. The lowest BCUT2D eigenvalue weighted by Crippen LogP contribution is -2.45. The maximum absolute atomic E-state index is 11.7. The van der Waals surface area contributed by atoms with Gasteiger partial charge in [-0.05, 0) is 38.4 Å². The number of hydrogen-bond donors (Lipinski definition) is 2. The number of aliphatic imine (C=N–C) groups is 1. The fraction of sp³-hybridized carbons (Fsp3) is 0.650. The molecule has 1 aliphatic heterocycles. The first-order chi connectivity index (χ1) is 13.0. The van der Waals surface area contributed by atoms with Gasteiger partial charge in [-0.3, -0.25) is 9.89 Å². The number of guanidine groups is 1. The van der Waals surface area contributed by atoms with Crippen LogP contribution >= 0.6 is 0 Å². The molecule has 6 nitrogen and oxygen atoms in total. The third-order valence-electron chi connectivity index (χ3n) is 5.02. The van der Waals surface area contributed by atoms with Gasteiger partial charge in [0.2, 0.25) is 0 Å². The Balaban J connectivity index is 2.07. The lowest BCUT2D eigenvalue weighted by atomic mass is 10.0. The van der Waals surface area contributed by atoms with Gasteiger partial charge >= 0.3 is 0 Å². The Morgan fingerprint density at radius 1 is 1.22 bits per heavy atom. The molecule has 1 saturated heterocycles. The SMILES string of the molecule is CCNC(=NCC(Cc1ccccc1)N(CC)CC)NC1CCS(=O)(=O)C1. The number of nitrogens with zero attached hydrogens (tertiary/aromatic N) is 2. The number of hydrogen-bond acceptors (Lipinski definition) is 4. The summed E-state index contributed by atoms with van der Waals surface area (Å²) in [6.45, 7) is 9.76. The van der Waals surface area contributed by atoms with Crippen LogP contribution in [0, 0.1) is 0 Å². The van der Waals surface area contributed by atoms with Gasteiger partial charge < -0.3 is 10.6 Å². The summed E-state index contributed by atoms with van der Waals surface area (Å²) in [4.78, 5) is 7.23. The molecule has 1 fully saturated rings. The van der Waals surface area contributed by atoms with Gasteiger partial charge in [0.1, 0.15) is 0 Å². The van der Waals surface area contributed by atoms with Gasteiger partial charge in [-0.2, -0.15) is 0 Å². The van der Waals surface area contributed by atoms with Crippen LogP contribution in [0.3, 0.4) is 0 Å². The van der Waals surface area contributed by atoms with E-state index in [9.17, 15) is 8.42 Å². The van der Waals surface area contributed by atoms with Crippen LogP contribution in [0.5, 0.6) is 0 Å². The van der Waals surface area contributed by atoms with Gasteiger partial charge in [-0.25, -0.2) is 8.42 Å². The molecule has 152 valence electrons. The van der Waals surface area contributed by atoms with Gasteiger partial charge in [0.25, 0.3) is 0 Å². The van der Waals surface area contributed by atoms with Crippen LogP contribution in [0.25, 0.3) is 0 Å². The standard InChI is InChI=1S/C20H34N4O2S/c1-4-21-20(23-18-12-13-27(25,26)16-18)22-15-19(24(5-2)6-3)14-17-10-8-7-9-11-17/h7-11,18-19H,4-6,12-16H2,1-3H3,(H2,21,22,23). The molecule has 0 bridgehead atoms. The first kappa shape index (κ1) is 21.7. The lowest BCUT2D eigenvalue weighted by Gasteiger charge is -2.29. The minimum Gasteiger partial charge on any atom is -0.357 e. The monoisotopic (exact) mass is 394 g/mol. The normalized spacial score (nSPS) is 20.6. The van der Waals surface area contributed by atoms with Crippen molar-refractivity contribution in [3.63, 3.8) is 0 Å². The van der Waals surface area contributed by atoms with Crippen molar-refractivity contribution in [1.82, 2.24) is 15.5 Å². The van der Waals surface area contributed by atoms with E-state index >= 15 is 0 Å². The highest BCUT2D eigenvalue weighted by Crippen LogP contribution is 2.12.